The quantitative estimate of drug-likeness (QED) is 0.0814. The predicted octanol–water partition coefficient (Wildman–Crippen LogP) is 0.998. The van der Waals surface area contributed by atoms with Gasteiger partial charge in [-0.1, -0.05) is 0 Å². The molecule has 0 aliphatic carbocycles. The SMILES string of the molecule is CCOCn1cnc2c1c(=O)n(CCCCO[P+](=O)O)c(=O)n2C.CCOCn1cnc2c1c(=O)n(CCCCO[P+](=O)O)c(=O)n2C.N.N. The molecule has 4 aromatic heterocycles. The van der Waals surface area contributed by atoms with Crippen LogP contribution in [0.1, 0.15) is 39.5 Å². The van der Waals surface area contributed by atoms with E-state index in [0.29, 0.717) is 61.2 Å². The summed E-state index contributed by atoms with van der Waals surface area (Å²) in [7, 11) is -2.15. The number of fused-ring (bicyclic) bond motifs is 2. The first-order valence-electron chi connectivity index (χ1n) is 15.0. The molecule has 2 unspecified atom stereocenters. The van der Waals surface area contributed by atoms with E-state index in [1.54, 1.807) is 23.2 Å². The Hall–Kier alpha value is -3.82. The molecule has 4 aromatic rings. The lowest BCUT2D eigenvalue weighted by Crippen LogP contribution is -2.39. The lowest BCUT2D eigenvalue weighted by molar-refractivity contribution is 0.0902. The normalized spacial score (nSPS) is 11.6. The Bertz CT molecular complexity index is 1820. The molecule has 0 amide bonds. The van der Waals surface area contributed by atoms with E-state index >= 15 is 0 Å². The van der Waals surface area contributed by atoms with E-state index in [1.165, 1.54) is 21.8 Å². The number of aromatic nitrogens is 8. The van der Waals surface area contributed by atoms with Crippen molar-refractivity contribution in [3.05, 3.63) is 54.3 Å². The van der Waals surface area contributed by atoms with E-state index in [9.17, 15) is 28.3 Å². The number of imidazole rings is 2. The van der Waals surface area contributed by atoms with Crippen molar-refractivity contribution >= 4 is 38.8 Å². The van der Waals surface area contributed by atoms with Gasteiger partial charge in [0, 0.05) is 49.5 Å². The van der Waals surface area contributed by atoms with Crippen LogP contribution in [0.2, 0.25) is 0 Å². The van der Waals surface area contributed by atoms with Gasteiger partial charge in [0.05, 0.1) is 12.7 Å². The molecule has 0 saturated heterocycles. The minimum absolute atomic E-state index is 0. The van der Waals surface area contributed by atoms with Crippen molar-refractivity contribution in [3.8, 4) is 0 Å². The molecule has 0 fully saturated rings. The fourth-order valence-electron chi connectivity index (χ4n) is 4.64. The van der Waals surface area contributed by atoms with Crippen molar-refractivity contribution in [1.29, 1.82) is 0 Å². The predicted molar refractivity (Wildman–Crippen MR) is 182 cm³/mol. The molecule has 8 N–H and O–H groups in total. The smallest absolute Gasteiger partial charge is 0.361 e. The van der Waals surface area contributed by atoms with Gasteiger partial charge in [-0.2, -0.15) is 0 Å². The van der Waals surface area contributed by atoms with Gasteiger partial charge < -0.3 is 30.9 Å². The summed E-state index contributed by atoms with van der Waals surface area (Å²) in [6.07, 6.45) is 4.77. The Morgan fingerprint density at radius 2 is 1.02 bits per heavy atom. The van der Waals surface area contributed by atoms with Crippen LogP contribution < -0.4 is 34.8 Å². The van der Waals surface area contributed by atoms with Gasteiger partial charge in [0.25, 0.3) is 11.1 Å². The first-order chi connectivity index (χ1) is 22.9. The fraction of sp³-hybridized carbons (Fsp3) is 0.615. The minimum atomic E-state index is -2.63. The van der Waals surface area contributed by atoms with Crippen molar-refractivity contribution in [2.24, 2.45) is 14.1 Å². The molecule has 0 saturated carbocycles. The van der Waals surface area contributed by atoms with Crippen LogP contribution in [0, 0.1) is 0 Å². The van der Waals surface area contributed by atoms with Gasteiger partial charge >= 0.3 is 27.9 Å². The number of unbranched alkanes of at least 4 members (excludes halogenated alkanes) is 2. The minimum Gasteiger partial charge on any atom is -0.361 e. The van der Waals surface area contributed by atoms with Crippen LogP contribution in [-0.4, -0.2) is 73.6 Å². The topological polar surface area (TPSA) is 305 Å². The fourth-order valence-corrected chi connectivity index (χ4v) is 5.21. The second-order valence-corrected chi connectivity index (χ2v) is 11.6. The number of nitrogens with zero attached hydrogens (tertiary/aromatic N) is 8. The second-order valence-electron chi connectivity index (χ2n) is 10.2. The molecular formula is C26H46N10O12P2+2. The van der Waals surface area contributed by atoms with Gasteiger partial charge in [-0.15, -0.1) is 18.8 Å². The average molecular weight is 753 g/mol. The molecule has 0 aliphatic rings. The van der Waals surface area contributed by atoms with Crippen molar-refractivity contribution < 1.29 is 37.4 Å². The highest BCUT2D eigenvalue weighted by molar-refractivity contribution is 7.32. The van der Waals surface area contributed by atoms with E-state index in [4.69, 9.17) is 19.3 Å². The summed E-state index contributed by atoms with van der Waals surface area (Å²) < 4.78 is 48.6. The van der Waals surface area contributed by atoms with Crippen molar-refractivity contribution in [3.63, 3.8) is 0 Å². The first kappa shape index (κ1) is 44.2. The summed E-state index contributed by atoms with van der Waals surface area (Å²) in [4.78, 5) is 75.2. The van der Waals surface area contributed by atoms with Gasteiger partial charge in [0.15, 0.2) is 22.3 Å². The molecule has 0 aliphatic heterocycles. The zero-order chi connectivity index (χ0) is 35.4. The average Bonchev–Trinajstić information content (AvgIpc) is 3.68. The van der Waals surface area contributed by atoms with Crippen molar-refractivity contribution in [2.45, 2.75) is 66.1 Å². The summed E-state index contributed by atoms with van der Waals surface area (Å²) in [5, 5.41) is 0. The highest BCUT2D eigenvalue weighted by Crippen LogP contribution is 2.15. The van der Waals surface area contributed by atoms with Gasteiger partial charge in [0.2, 0.25) is 0 Å². The third-order valence-corrected chi connectivity index (χ3v) is 7.83. The van der Waals surface area contributed by atoms with Crippen LogP contribution in [0.3, 0.4) is 0 Å². The van der Waals surface area contributed by atoms with E-state index < -0.39 is 39.0 Å². The van der Waals surface area contributed by atoms with E-state index in [0.717, 1.165) is 9.13 Å². The standard InChI is InChI=1S/2C13H19N4O6P.2H3N/c2*1-3-22-9-16-8-14-11-10(16)12(18)17(13(19)15(11)2)6-4-5-7-23-24(20)21;;/h2*8H,3-7,9H2,1-2H3;2*1H3/p+2. The monoisotopic (exact) mass is 752 g/mol. The largest absolute Gasteiger partial charge is 0.694 e. The number of hydrogen-bond donors (Lipinski definition) is 4. The molecule has 2 atom stereocenters. The number of rotatable bonds is 18. The highest BCUT2D eigenvalue weighted by Gasteiger charge is 2.18. The Kier molecular flexibility index (Phi) is 18.9. The van der Waals surface area contributed by atoms with E-state index in [2.05, 4.69) is 19.0 Å². The molecule has 4 heterocycles. The van der Waals surface area contributed by atoms with Gasteiger partial charge in [0.1, 0.15) is 26.7 Å². The highest BCUT2D eigenvalue weighted by atomic mass is 31.1. The van der Waals surface area contributed by atoms with Gasteiger partial charge in [-0.25, -0.2) is 19.6 Å². The lowest BCUT2D eigenvalue weighted by Gasteiger charge is -2.09. The van der Waals surface area contributed by atoms with E-state index in [-0.39, 0.29) is 52.1 Å². The van der Waals surface area contributed by atoms with Crippen molar-refractivity contribution in [1.82, 2.24) is 49.7 Å². The van der Waals surface area contributed by atoms with Crippen LogP contribution in [0.25, 0.3) is 22.3 Å². The molecule has 0 spiro atoms. The van der Waals surface area contributed by atoms with Crippen LogP contribution in [0.15, 0.2) is 31.8 Å². The maximum Gasteiger partial charge on any atom is 0.694 e. The van der Waals surface area contributed by atoms with Crippen molar-refractivity contribution in [2.75, 3.05) is 26.4 Å². The van der Waals surface area contributed by atoms with E-state index in [1.807, 2.05) is 13.8 Å². The Morgan fingerprint density at radius 3 is 1.34 bits per heavy atom. The zero-order valence-electron chi connectivity index (χ0n) is 28.5. The number of ether oxygens (including phenoxy) is 2. The third kappa shape index (κ3) is 11.1. The molecule has 0 radical (unpaired) electrons. The van der Waals surface area contributed by atoms with Crippen LogP contribution in [0.5, 0.6) is 0 Å². The third-order valence-electron chi connectivity index (χ3n) is 7.03. The summed E-state index contributed by atoms with van der Waals surface area (Å²) in [5.41, 5.74) is -0.547. The van der Waals surface area contributed by atoms with Gasteiger partial charge in [-0.3, -0.25) is 27.9 Å². The lowest BCUT2D eigenvalue weighted by atomic mass is 10.3. The maximum absolute atomic E-state index is 12.6. The first-order valence-corrected chi connectivity index (χ1v) is 17.2. The summed E-state index contributed by atoms with van der Waals surface area (Å²) in [5.74, 6) is 0. The van der Waals surface area contributed by atoms with Gasteiger partial charge in [-0.05, 0) is 39.5 Å². The molecular weight excluding hydrogens is 706 g/mol. The molecule has 280 valence electrons. The van der Waals surface area contributed by atoms with Crippen LogP contribution >= 0.6 is 16.5 Å². The van der Waals surface area contributed by atoms with Crippen LogP contribution in [0.4, 0.5) is 0 Å². The summed E-state index contributed by atoms with van der Waals surface area (Å²) >= 11 is 0. The number of hydrogen-bond acceptors (Lipinski definition) is 14. The summed E-state index contributed by atoms with van der Waals surface area (Å²) in [6, 6.07) is 0. The molecule has 0 aromatic carbocycles. The van der Waals surface area contributed by atoms with Crippen LogP contribution in [-0.2, 0) is 68.3 Å². The number of aryl methyl sites for hydroxylation is 2. The molecule has 22 nitrogen and oxygen atoms in total. The maximum atomic E-state index is 12.6. The Balaban J connectivity index is 0.000000481. The molecule has 50 heavy (non-hydrogen) atoms. The molecule has 0 bridgehead atoms. The zero-order valence-corrected chi connectivity index (χ0v) is 30.3. The molecule has 4 rings (SSSR count). The molecule has 24 heteroatoms. The second kappa shape index (κ2) is 21.4. The Morgan fingerprint density at radius 1 is 0.660 bits per heavy atom. The Labute approximate surface area is 286 Å². The summed E-state index contributed by atoms with van der Waals surface area (Å²) in [6.45, 7) is 5.58.